The predicted molar refractivity (Wildman–Crippen MR) is 170 cm³/mol. The molecule has 0 aliphatic rings. The van der Waals surface area contributed by atoms with Gasteiger partial charge in [0.2, 0.25) is 17.6 Å². The minimum Gasteiger partial charge on any atom is -0.497 e. The molecule has 17 heteroatoms. The van der Waals surface area contributed by atoms with Gasteiger partial charge in [-0.3, -0.25) is 29.0 Å². The average Bonchev–Trinajstić information content (AvgIpc) is 3.10. The molecule has 51 heavy (non-hydrogen) atoms. The number of rotatable bonds is 15. The van der Waals surface area contributed by atoms with Gasteiger partial charge in [-0.1, -0.05) is 44.2 Å². The fourth-order valence-corrected chi connectivity index (χ4v) is 4.65. The molecule has 0 spiro atoms. The van der Waals surface area contributed by atoms with Crippen LogP contribution in [0, 0.1) is 17.2 Å². The first kappa shape index (κ1) is 39.5. The van der Waals surface area contributed by atoms with E-state index in [1.165, 1.54) is 75.7 Å². The van der Waals surface area contributed by atoms with E-state index in [4.69, 9.17) is 4.74 Å². The summed E-state index contributed by atoms with van der Waals surface area (Å²) in [5.74, 6) is -13.4. The van der Waals surface area contributed by atoms with Gasteiger partial charge in [0.05, 0.1) is 24.8 Å². The maximum Gasteiger partial charge on any atom is 0.405 e. The molecule has 12 nitrogen and oxygen atoms in total. The fourth-order valence-electron chi connectivity index (χ4n) is 4.65. The zero-order chi connectivity index (χ0) is 37.9. The molecule has 0 aliphatic heterocycles. The van der Waals surface area contributed by atoms with Crippen LogP contribution >= 0.6 is 0 Å². The molecule has 0 bridgehead atoms. The summed E-state index contributed by atoms with van der Waals surface area (Å²) >= 11 is 0. The summed E-state index contributed by atoms with van der Waals surface area (Å²) in [5, 5.41) is 17.4. The Balaban J connectivity index is 1.97. The summed E-state index contributed by atoms with van der Waals surface area (Å²) in [7, 11) is 1.36. The highest BCUT2D eigenvalue weighted by atomic mass is 19.4. The lowest BCUT2D eigenvalue weighted by molar-refractivity contribution is -0.165. The molecule has 4 amide bonds. The van der Waals surface area contributed by atoms with Crippen LogP contribution in [0.25, 0.3) is 0 Å². The molecule has 0 radical (unpaired) electrons. The number of amides is 4. The number of Topliss-reactive ketones (excluding diaryl/α,β-unsaturated/α-hetero) is 1. The smallest absolute Gasteiger partial charge is 0.405 e. The third-order valence-electron chi connectivity index (χ3n) is 7.30. The summed E-state index contributed by atoms with van der Waals surface area (Å²) in [6.45, 7) is 0.357. The average molecular weight is 717 g/mol. The molecule has 2 aromatic carbocycles. The zero-order valence-corrected chi connectivity index (χ0v) is 27.4. The molecule has 1 aromatic heterocycles. The monoisotopic (exact) mass is 716 g/mol. The Kier molecular flexibility index (Phi) is 13.3. The molecule has 3 rings (SSSR count). The Morgan fingerprint density at radius 2 is 1.57 bits per heavy atom. The number of nitrogens with one attached hydrogen (secondary N) is 4. The summed E-state index contributed by atoms with van der Waals surface area (Å²) in [5.41, 5.74) is 0.709. The normalized spacial score (nSPS) is 13.2. The van der Waals surface area contributed by atoms with Crippen LogP contribution in [0.4, 0.5) is 22.0 Å². The number of benzene rings is 2. The lowest BCUT2D eigenvalue weighted by Crippen LogP contribution is -2.58. The molecule has 3 atom stereocenters. The molecule has 1 heterocycles. The number of halogens is 5. The largest absolute Gasteiger partial charge is 0.497 e. The standard InChI is InChI=1S/C34H33F5N6O6/c1-19(2)26(28(46)34(38,39)32(50)42-18-33(35,36)37)44-31(49)27(22-10-12-23(51-3)13-11-22)45-30(48)25(16-20-7-6-8-21(15-20)17-40)43-29(47)24-9-4-5-14-41-24/h4-15,19,25-27H,16,18H2,1-3H3,(H,42,50)(H,43,47)(H,44,49)(H,45,48)/t25-,26-,27-/m0/s1. The highest BCUT2D eigenvalue weighted by Gasteiger charge is 2.52. The molecule has 0 saturated heterocycles. The van der Waals surface area contributed by atoms with Gasteiger partial charge in [-0.2, -0.15) is 27.2 Å². The van der Waals surface area contributed by atoms with Crippen molar-refractivity contribution >= 4 is 29.4 Å². The number of alkyl halides is 5. The van der Waals surface area contributed by atoms with Crippen molar-refractivity contribution in [3.05, 3.63) is 95.3 Å². The van der Waals surface area contributed by atoms with Crippen molar-refractivity contribution in [2.75, 3.05) is 13.7 Å². The van der Waals surface area contributed by atoms with Crippen LogP contribution in [0.5, 0.6) is 5.75 Å². The number of carbonyl (C=O) groups excluding carboxylic acids is 5. The van der Waals surface area contributed by atoms with Gasteiger partial charge in [0.25, 0.3) is 11.8 Å². The second kappa shape index (κ2) is 17.1. The van der Waals surface area contributed by atoms with Gasteiger partial charge in [-0.15, -0.1) is 0 Å². The Labute approximate surface area is 288 Å². The number of methoxy groups -OCH3 is 1. The first-order valence-electron chi connectivity index (χ1n) is 15.2. The number of hydrogen-bond donors (Lipinski definition) is 4. The van der Waals surface area contributed by atoms with E-state index in [1.807, 2.05) is 6.07 Å². The lowest BCUT2D eigenvalue weighted by Gasteiger charge is -2.28. The van der Waals surface area contributed by atoms with Crippen LogP contribution in [0.3, 0.4) is 0 Å². The molecule has 0 fully saturated rings. The molecule has 0 aliphatic carbocycles. The van der Waals surface area contributed by atoms with E-state index < -0.39 is 72.1 Å². The van der Waals surface area contributed by atoms with Gasteiger partial charge >= 0.3 is 12.1 Å². The van der Waals surface area contributed by atoms with E-state index >= 15 is 0 Å². The van der Waals surface area contributed by atoms with Gasteiger partial charge in [-0.05, 0) is 53.4 Å². The number of pyridine rings is 1. The third-order valence-corrected chi connectivity index (χ3v) is 7.30. The van der Waals surface area contributed by atoms with Crippen molar-refractivity contribution in [3.8, 4) is 11.8 Å². The Hall–Kier alpha value is -5.92. The first-order valence-corrected chi connectivity index (χ1v) is 15.2. The van der Waals surface area contributed by atoms with Crippen LogP contribution < -0.4 is 26.0 Å². The maximum absolute atomic E-state index is 14.9. The van der Waals surface area contributed by atoms with E-state index in [0.29, 0.717) is 11.3 Å². The molecular weight excluding hydrogens is 683 g/mol. The molecular formula is C34H33F5N6O6. The van der Waals surface area contributed by atoms with Crippen molar-refractivity contribution < 1.29 is 50.7 Å². The van der Waals surface area contributed by atoms with Gasteiger partial charge in [-0.25, -0.2) is 0 Å². The Morgan fingerprint density at radius 1 is 0.882 bits per heavy atom. The highest BCUT2D eigenvalue weighted by Crippen LogP contribution is 2.24. The third kappa shape index (κ3) is 11.0. The highest BCUT2D eigenvalue weighted by molar-refractivity contribution is 6.10. The van der Waals surface area contributed by atoms with E-state index in [-0.39, 0.29) is 23.2 Å². The number of ketones is 1. The van der Waals surface area contributed by atoms with Crippen molar-refractivity contribution in [1.82, 2.24) is 26.3 Å². The minimum atomic E-state index is -5.04. The number of hydrogen-bond acceptors (Lipinski definition) is 8. The van der Waals surface area contributed by atoms with Crippen molar-refractivity contribution in [2.45, 2.75) is 50.5 Å². The molecule has 0 unspecified atom stereocenters. The fraction of sp³-hybridized carbons (Fsp3) is 0.324. The van der Waals surface area contributed by atoms with Gasteiger partial charge in [0.15, 0.2) is 0 Å². The van der Waals surface area contributed by atoms with Crippen LogP contribution in [-0.4, -0.2) is 72.2 Å². The zero-order valence-electron chi connectivity index (χ0n) is 27.4. The van der Waals surface area contributed by atoms with E-state index in [1.54, 1.807) is 18.2 Å². The first-order chi connectivity index (χ1) is 24.0. The molecule has 0 saturated carbocycles. The molecule has 4 N–H and O–H groups in total. The van der Waals surface area contributed by atoms with Crippen LogP contribution in [-0.2, 0) is 25.6 Å². The predicted octanol–water partition coefficient (Wildman–Crippen LogP) is 3.18. The summed E-state index contributed by atoms with van der Waals surface area (Å²) in [6, 6.07) is 12.9. The quantitative estimate of drug-likeness (QED) is 0.137. The number of aromatic nitrogens is 1. The van der Waals surface area contributed by atoms with E-state index in [2.05, 4.69) is 20.9 Å². The van der Waals surface area contributed by atoms with E-state index in [9.17, 15) is 51.2 Å². The summed E-state index contributed by atoms with van der Waals surface area (Å²) in [4.78, 5) is 69.6. The van der Waals surface area contributed by atoms with Crippen molar-refractivity contribution in [3.63, 3.8) is 0 Å². The Morgan fingerprint density at radius 3 is 2.14 bits per heavy atom. The number of nitrogens with zero attached hydrogens (tertiary/aromatic N) is 2. The van der Waals surface area contributed by atoms with Gasteiger partial charge < -0.3 is 26.0 Å². The second-order valence-corrected chi connectivity index (χ2v) is 11.4. The maximum atomic E-state index is 14.9. The van der Waals surface area contributed by atoms with Crippen LogP contribution in [0.1, 0.15) is 47.1 Å². The molecule has 3 aromatic rings. The second-order valence-electron chi connectivity index (χ2n) is 11.4. The van der Waals surface area contributed by atoms with Crippen LogP contribution in [0.2, 0.25) is 0 Å². The van der Waals surface area contributed by atoms with Gasteiger partial charge in [0, 0.05) is 12.6 Å². The number of nitriles is 1. The number of ether oxygens (including phenoxy) is 1. The SMILES string of the molecule is COc1ccc([C@H](NC(=O)[C@H](Cc2cccc(C#N)c2)NC(=O)c2ccccn2)C(=O)N[C@H](C(=O)C(F)(F)C(=O)NCC(F)(F)F)C(C)C)cc1. The topological polar surface area (TPSA) is 179 Å². The molecule has 270 valence electrons. The van der Waals surface area contributed by atoms with Gasteiger partial charge in [0.1, 0.15) is 30.1 Å². The summed E-state index contributed by atoms with van der Waals surface area (Å²) in [6.07, 6.45) is -3.89. The van der Waals surface area contributed by atoms with Crippen molar-refractivity contribution in [1.29, 1.82) is 5.26 Å². The lowest BCUT2D eigenvalue weighted by atomic mass is 9.94. The minimum absolute atomic E-state index is 0.0518. The number of carbonyl (C=O) groups is 5. The summed E-state index contributed by atoms with van der Waals surface area (Å²) < 4.78 is 72.5. The van der Waals surface area contributed by atoms with E-state index in [0.717, 1.165) is 5.32 Å². The Bertz CT molecular complexity index is 1760. The van der Waals surface area contributed by atoms with Crippen LogP contribution in [0.15, 0.2) is 72.9 Å². The van der Waals surface area contributed by atoms with Crippen molar-refractivity contribution in [2.24, 2.45) is 5.92 Å².